The highest BCUT2D eigenvalue weighted by Gasteiger charge is 2.18. The minimum atomic E-state index is 0.125. The third-order valence-corrected chi connectivity index (χ3v) is 2.35. The molecule has 1 nitrogen and oxygen atoms in total. The van der Waals surface area contributed by atoms with Gasteiger partial charge in [0, 0.05) is 6.21 Å². The predicted molar refractivity (Wildman–Crippen MR) is 68.2 cm³/mol. The van der Waals surface area contributed by atoms with Crippen LogP contribution in [0.25, 0.3) is 0 Å². The molecule has 0 aliphatic rings. The minimum Gasteiger partial charge on any atom is -0.256 e. The van der Waals surface area contributed by atoms with E-state index in [4.69, 9.17) is 0 Å². The zero-order valence-corrected chi connectivity index (χ0v) is 10.0. The van der Waals surface area contributed by atoms with Gasteiger partial charge in [0.15, 0.2) is 0 Å². The number of para-hydroxylation sites is 1. The third-order valence-electron chi connectivity index (χ3n) is 2.35. The lowest BCUT2D eigenvalue weighted by atomic mass is 9.85. The Labute approximate surface area is 92.6 Å². The molecule has 0 amide bonds. The summed E-state index contributed by atoms with van der Waals surface area (Å²) in [7, 11) is 0. The summed E-state index contributed by atoms with van der Waals surface area (Å²) in [4.78, 5) is 4.45. The molecule has 15 heavy (non-hydrogen) atoms. The summed E-state index contributed by atoms with van der Waals surface area (Å²) in [5.41, 5.74) is 3.69. The molecule has 0 saturated carbocycles. The van der Waals surface area contributed by atoms with Gasteiger partial charge >= 0.3 is 0 Å². The maximum absolute atomic E-state index is 4.45. The van der Waals surface area contributed by atoms with E-state index in [1.807, 2.05) is 0 Å². The number of aliphatic imine (C=N–C) groups is 1. The highest BCUT2D eigenvalue weighted by atomic mass is 14.7. The van der Waals surface area contributed by atoms with Gasteiger partial charge in [0.2, 0.25) is 0 Å². The first kappa shape index (κ1) is 11.7. The second-order valence-electron chi connectivity index (χ2n) is 4.73. The summed E-state index contributed by atoms with van der Waals surface area (Å²) in [5, 5.41) is 0. The summed E-state index contributed by atoms with van der Waals surface area (Å²) in [5.74, 6) is 0. The van der Waals surface area contributed by atoms with Crippen LogP contribution in [-0.4, -0.2) is 6.21 Å². The van der Waals surface area contributed by atoms with E-state index in [2.05, 4.69) is 57.5 Å². The Hall–Kier alpha value is -1.37. The molecule has 1 aromatic carbocycles. The molecule has 0 saturated heterocycles. The molecule has 80 valence electrons. The van der Waals surface area contributed by atoms with E-state index < -0.39 is 0 Å². The molecule has 0 spiro atoms. The van der Waals surface area contributed by atoms with Gasteiger partial charge in [0.1, 0.15) is 0 Å². The van der Waals surface area contributed by atoms with Gasteiger partial charge in [-0.3, -0.25) is 4.99 Å². The SMILES string of the molecule is C=CC=Nc1c(C)cccc1C(C)(C)C. The van der Waals surface area contributed by atoms with Gasteiger partial charge in [-0.05, 0) is 23.5 Å². The van der Waals surface area contributed by atoms with Crippen molar-refractivity contribution in [2.24, 2.45) is 4.99 Å². The average molecular weight is 201 g/mol. The Morgan fingerprint density at radius 3 is 2.47 bits per heavy atom. The molecule has 1 aromatic rings. The van der Waals surface area contributed by atoms with Crippen molar-refractivity contribution in [2.75, 3.05) is 0 Å². The standard InChI is InChI=1S/C14H19N/c1-6-10-15-13-11(2)8-7-9-12(13)14(3,4)5/h6-10H,1H2,2-5H3. The Morgan fingerprint density at radius 1 is 1.27 bits per heavy atom. The Morgan fingerprint density at radius 2 is 1.93 bits per heavy atom. The number of allylic oxidation sites excluding steroid dienone is 1. The smallest absolute Gasteiger partial charge is 0.0696 e. The van der Waals surface area contributed by atoms with Gasteiger partial charge in [-0.1, -0.05) is 51.6 Å². The molecule has 0 aromatic heterocycles. The molecule has 0 aliphatic carbocycles. The van der Waals surface area contributed by atoms with Crippen LogP contribution in [-0.2, 0) is 5.41 Å². The maximum atomic E-state index is 4.45. The van der Waals surface area contributed by atoms with Gasteiger partial charge in [0.05, 0.1) is 5.69 Å². The molecule has 0 N–H and O–H groups in total. The van der Waals surface area contributed by atoms with E-state index in [0.717, 1.165) is 5.69 Å². The summed E-state index contributed by atoms with van der Waals surface area (Å²) in [6, 6.07) is 6.32. The molecular formula is C14H19N. The minimum absolute atomic E-state index is 0.125. The van der Waals surface area contributed by atoms with Crippen LogP contribution >= 0.6 is 0 Å². The molecule has 0 bridgehead atoms. The van der Waals surface area contributed by atoms with E-state index in [0.29, 0.717) is 0 Å². The van der Waals surface area contributed by atoms with Crippen LogP contribution in [0.4, 0.5) is 5.69 Å². The van der Waals surface area contributed by atoms with Crippen molar-refractivity contribution in [2.45, 2.75) is 33.1 Å². The lowest BCUT2D eigenvalue weighted by molar-refractivity contribution is 0.591. The first-order chi connectivity index (χ1) is 6.96. The van der Waals surface area contributed by atoms with Gasteiger partial charge in [0.25, 0.3) is 0 Å². The monoisotopic (exact) mass is 201 g/mol. The van der Waals surface area contributed by atoms with Crippen molar-refractivity contribution in [1.29, 1.82) is 0 Å². The first-order valence-corrected chi connectivity index (χ1v) is 5.22. The van der Waals surface area contributed by atoms with Gasteiger partial charge in [-0.15, -0.1) is 0 Å². The number of aryl methyl sites for hydroxylation is 1. The van der Waals surface area contributed by atoms with E-state index in [9.17, 15) is 0 Å². The molecule has 1 rings (SSSR count). The number of rotatable bonds is 2. The Bertz CT molecular complexity index is 381. The van der Waals surface area contributed by atoms with Crippen LogP contribution in [0.5, 0.6) is 0 Å². The lowest BCUT2D eigenvalue weighted by Crippen LogP contribution is -2.11. The number of nitrogens with zero attached hydrogens (tertiary/aromatic N) is 1. The van der Waals surface area contributed by atoms with Crippen LogP contribution in [0.15, 0.2) is 35.8 Å². The van der Waals surface area contributed by atoms with Crippen molar-refractivity contribution < 1.29 is 0 Å². The Kier molecular flexibility index (Phi) is 3.46. The van der Waals surface area contributed by atoms with Gasteiger partial charge < -0.3 is 0 Å². The molecular weight excluding hydrogens is 182 g/mol. The molecule has 0 heterocycles. The molecule has 0 atom stereocenters. The molecule has 0 radical (unpaired) electrons. The largest absolute Gasteiger partial charge is 0.256 e. The van der Waals surface area contributed by atoms with Crippen LogP contribution in [0.3, 0.4) is 0 Å². The second-order valence-corrected chi connectivity index (χ2v) is 4.73. The van der Waals surface area contributed by atoms with Crippen molar-refractivity contribution in [3.8, 4) is 0 Å². The van der Waals surface area contributed by atoms with Crippen molar-refractivity contribution in [3.63, 3.8) is 0 Å². The number of benzene rings is 1. The molecule has 0 fully saturated rings. The van der Waals surface area contributed by atoms with Gasteiger partial charge in [-0.2, -0.15) is 0 Å². The average Bonchev–Trinajstić information content (AvgIpc) is 2.14. The van der Waals surface area contributed by atoms with E-state index >= 15 is 0 Å². The fourth-order valence-electron chi connectivity index (χ4n) is 1.56. The normalized spacial score (nSPS) is 12.0. The highest BCUT2D eigenvalue weighted by Crippen LogP contribution is 2.33. The van der Waals surface area contributed by atoms with Gasteiger partial charge in [-0.25, -0.2) is 0 Å². The maximum Gasteiger partial charge on any atom is 0.0696 e. The topological polar surface area (TPSA) is 12.4 Å². The van der Waals surface area contributed by atoms with Crippen LogP contribution in [0.1, 0.15) is 31.9 Å². The second kappa shape index (κ2) is 4.43. The van der Waals surface area contributed by atoms with Crippen LogP contribution in [0.2, 0.25) is 0 Å². The highest BCUT2D eigenvalue weighted by molar-refractivity contribution is 5.75. The third kappa shape index (κ3) is 2.79. The molecule has 0 aliphatic heterocycles. The summed E-state index contributed by atoms with van der Waals surface area (Å²) in [6.45, 7) is 12.3. The quantitative estimate of drug-likeness (QED) is 0.636. The van der Waals surface area contributed by atoms with Crippen molar-refractivity contribution in [3.05, 3.63) is 42.0 Å². The fourth-order valence-corrected chi connectivity index (χ4v) is 1.56. The molecule has 0 unspecified atom stereocenters. The summed E-state index contributed by atoms with van der Waals surface area (Å²) < 4.78 is 0. The number of hydrogen-bond donors (Lipinski definition) is 0. The summed E-state index contributed by atoms with van der Waals surface area (Å²) in [6.07, 6.45) is 3.45. The van der Waals surface area contributed by atoms with E-state index in [1.54, 1.807) is 12.3 Å². The van der Waals surface area contributed by atoms with Crippen LogP contribution < -0.4 is 0 Å². The van der Waals surface area contributed by atoms with E-state index in [-0.39, 0.29) is 5.41 Å². The van der Waals surface area contributed by atoms with Crippen molar-refractivity contribution in [1.82, 2.24) is 0 Å². The fraction of sp³-hybridized carbons (Fsp3) is 0.357. The first-order valence-electron chi connectivity index (χ1n) is 5.22. The lowest BCUT2D eigenvalue weighted by Gasteiger charge is -2.22. The zero-order valence-electron chi connectivity index (χ0n) is 10.0. The number of hydrogen-bond acceptors (Lipinski definition) is 1. The predicted octanol–water partition coefficient (Wildman–Crippen LogP) is 4.18. The Balaban J connectivity index is 3.33. The molecule has 1 heteroatoms. The zero-order chi connectivity index (χ0) is 11.5. The van der Waals surface area contributed by atoms with Crippen molar-refractivity contribution >= 4 is 11.9 Å². The van der Waals surface area contributed by atoms with Crippen LogP contribution in [0, 0.1) is 6.92 Å². The van der Waals surface area contributed by atoms with E-state index in [1.165, 1.54) is 11.1 Å². The summed E-state index contributed by atoms with van der Waals surface area (Å²) >= 11 is 0.